The molecule has 0 aliphatic heterocycles. The highest BCUT2D eigenvalue weighted by Gasteiger charge is 1.99. The van der Waals surface area contributed by atoms with Gasteiger partial charge < -0.3 is 24.0 Å². The van der Waals surface area contributed by atoms with Crippen LogP contribution in [0.15, 0.2) is 24.4 Å². The van der Waals surface area contributed by atoms with Crippen LogP contribution in [0.5, 0.6) is 0 Å². The van der Waals surface area contributed by atoms with E-state index in [9.17, 15) is 0 Å². The number of hydrogen-bond donors (Lipinski definition) is 0. The van der Waals surface area contributed by atoms with Crippen molar-refractivity contribution in [2.24, 2.45) is 0 Å². The number of aryl methyl sites for hydroxylation is 1. The summed E-state index contributed by atoms with van der Waals surface area (Å²) in [4.78, 5) is 0. The van der Waals surface area contributed by atoms with Crippen LogP contribution in [-0.4, -0.2) is 0 Å². The second kappa shape index (κ2) is 5.29. The maximum atomic E-state index is 2.32. The molecule has 1 heterocycles. The van der Waals surface area contributed by atoms with E-state index in [0.29, 0.717) is 0 Å². The zero-order valence-corrected chi connectivity index (χ0v) is 10.0. The lowest BCUT2D eigenvalue weighted by atomic mass is 10.5. The third-order valence-corrected chi connectivity index (χ3v) is 2.21. The Morgan fingerprint density at radius 1 is 1.50 bits per heavy atom. The standard InChI is InChI=1S/C7H9IN.HI/c1-2-9-6-4-3-5-7(9)8;/h3-6H,2H2,1H3;1H/q+1;/p-1. The molecule has 56 valence electrons. The molecule has 10 heavy (non-hydrogen) atoms. The number of aromatic nitrogens is 1. The van der Waals surface area contributed by atoms with Crippen LogP contribution < -0.4 is 28.5 Å². The Balaban J connectivity index is 0.000000810. The van der Waals surface area contributed by atoms with Gasteiger partial charge in [0.15, 0.2) is 6.20 Å². The normalized spacial score (nSPS) is 8.60. The highest BCUT2D eigenvalue weighted by molar-refractivity contribution is 14.1. The predicted octanol–water partition coefficient (Wildman–Crippen LogP) is -1.40. The van der Waals surface area contributed by atoms with E-state index in [1.165, 1.54) is 3.70 Å². The molecule has 1 nitrogen and oxygen atoms in total. The van der Waals surface area contributed by atoms with Gasteiger partial charge >= 0.3 is 0 Å². The van der Waals surface area contributed by atoms with Gasteiger partial charge in [-0.25, -0.2) is 0 Å². The van der Waals surface area contributed by atoms with Crippen LogP contribution in [0.1, 0.15) is 6.92 Å². The molecule has 0 bridgehead atoms. The molecule has 0 amide bonds. The summed E-state index contributed by atoms with van der Waals surface area (Å²) in [5, 5.41) is 0. The fourth-order valence-corrected chi connectivity index (χ4v) is 1.42. The zero-order chi connectivity index (χ0) is 6.69. The molecular weight excluding hydrogens is 352 g/mol. The van der Waals surface area contributed by atoms with E-state index in [2.05, 4.69) is 46.3 Å². The van der Waals surface area contributed by atoms with E-state index in [1.807, 2.05) is 12.1 Å². The van der Waals surface area contributed by atoms with Crippen LogP contribution in [0.4, 0.5) is 0 Å². The van der Waals surface area contributed by atoms with Crippen molar-refractivity contribution in [3.05, 3.63) is 28.1 Å². The maximum absolute atomic E-state index is 2.32. The highest BCUT2D eigenvalue weighted by atomic mass is 127. The minimum atomic E-state index is 0. The third-order valence-electron chi connectivity index (χ3n) is 1.23. The third kappa shape index (κ3) is 2.69. The summed E-state index contributed by atoms with van der Waals surface area (Å²) in [5.74, 6) is 0. The zero-order valence-electron chi connectivity index (χ0n) is 5.72. The predicted molar refractivity (Wildman–Crippen MR) is 45.0 cm³/mol. The van der Waals surface area contributed by atoms with E-state index in [-0.39, 0.29) is 24.0 Å². The highest BCUT2D eigenvalue weighted by Crippen LogP contribution is 1.94. The lowest BCUT2D eigenvalue weighted by molar-refractivity contribution is -0.705. The minimum Gasteiger partial charge on any atom is -1.00 e. The number of rotatable bonds is 1. The van der Waals surface area contributed by atoms with Gasteiger partial charge in [0.2, 0.25) is 3.70 Å². The van der Waals surface area contributed by atoms with Gasteiger partial charge in [-0.1, -0.05) is 0 Å². The molecule has 0 saturated carbocycles. The van der Waals surface area contributed by atoms with Gasteiger partial charge in [-0.05, 0) is 13.0 Å². The molecule has 0 aliphatic rings. The molecule has 3 heteroatoms. The molecule has 0 N–H and O–H groups in total. The van der Waals surface area contributed by atoms with Gasteiger partial charge in [-0.2, -0.15) is 4.57 Å². The van der Waals surface area contributed by atoms with Gasteiger partial charge in [-0.3, -0.25) is 0 Å². The summed E-state index contributed by atoms with van der Waals surface area (Å²) < 4.78 is 3.48. The van der Waals surface area contributed by atoms with E-state index in [4.69, 9.17) is 0 Å². The van der Waals surface area contributed by atoms with Gasteiger partial charge in [0.25, 0.3) is 0 Å². The average Bonchev–Trinajstić information content (AvgIpc) is 1.89. The van der Waals surface area contributed by atoms with Crippen LogP contribution in [0.2, 0.25) is 0 Å². The van der Waals surface area contributed by atoms with Crippen molar-refractivity contribution >= 4 is 22.6 Å². The molecule has 0 aliphatic carbocycles. The summed E-state index contributed by atoms with van der Waals surface area (Å²) in [6, 6.07) is 6.20. The van der Waals surface area contributed by atoms with Crippen molar-refractivity contribution in [2.45, 2.75) is 13.5 Å². The minimum absolute atomic E-state index is 0. The average molecular weight is 361 g/mol. The Morgan fingerprint density at radius 3 is 2.60 bits per heavy atom. The lowest BCUT2D eigenvalue weighted by Crippen LogP contribution is -3.00. The van der Waals surface area contributed by atoms with Gasteiger partial charge in [0.1, 0.15) is 6.54 Å². The Bertz CT molecular complexity index is 201. The summed E-state index contributed by atoms with van der Waals surface area (Å²) >= 11 is 2.32. The lowest BCUT2D eigenvalue weighted by Gasteiger charge is -1.90. The van der Waals surface area contributed by atoms with E-state index >= 15 is 0 Å². The SMILES string of the molecule is CC[n+]1ccccc1I.[I-]. The summed E-state index contributed by atoms with van der Waals surface area (Å²) in [5.41, 5.74) is 0. The van der Waals surface area contributed by atoms with Crippen LogP contribution in [0.25, 0.3) is 0 Å². The van der Waals surface area contributed by atoms with Crippen molar-refractivity contribution < 1.29 is 28.5 Å². The van der Waals surface area contributed by atoms with Gasteiger partial charge in [-0.15, -0.1) is 0 Å². The first-order valence-electron chi connectivity index (χ1n) is 2.98. The summed E-state index contributed by atoms with van der Waals surface area (Å²) in [6.45, 7) is 3.20. The fourth-order valence-electron chi connectivity index (χ4n) is 0.712. The first kappa shape index (κ1) is 10.6. The molecule has 0 unspecified atom stereocenters. The first-order valence-corrected chi connectivity index (χ1v) is 4.06. The quantitative estimate of drug-likeness (QED) is 0.329. The van der Waals surface area contributed by atoms with E-state index < -0.39 is 0 Å². The second-order valence-electron chi connectivity index (χ2n) is 1.81. The molecule has 0 fully saturated rings. The number of hydrogen-bond acceptors (Lipinski definition) is 0. The molecule has 0 saturated heterocycles. The summed E-state index contributed by atoms with van der Waals surface area (Å²) in [6.07, 6.45) is 2.09. The largest absolute Gasteiger partial charge is 1.00 e. The van der Waals surface area contributed by atoms with Crippen molar-refractivity contribution in [2.75, 3.05) is 0 Å². The topological polar surface area (TPSA) is 3.88 Å². The summed E-state index contributed by atoms with van der Waals surface area (Å²) in [7, 11) is 0. The Morgan fingerprint density at radius 2 is 2.20 bits per heavy atom. The number of nitrogens with zero attached hydrogens (tertiary/aromatic N) is 1. The van der Waals surface area contributed by atoms with Gasteiger partial charge in [0.05, 0.1) is 0 Å². The van der Waals surface area contributed by atoms with Crippen molar-refractivity contribution in [3.8, 4) is 0 Å². The monoisotopic (exact) mass is 361 g/mol. The second-order valence-corrected chi connectivity index (χ2v) is 2.91. The molecule has 1 rings (SSSR count). The number of pyridine rings is 1. The molecule has 1 aromatic rings. The van der Waals surface area contributed by atoms with Crippen LogP contribution >= 0.6 is 22.6 Å². The van der Waals surface area contributed by atoms with Crippen molar-refractivity contribution in [3.63, 3.8) is 0 Å². The van der Waals surface area contributed by atoms with Gasteiger partial charge in [0, 0.05) is 34.7 Å². The Kier molecular flexibility index (Phi) is 5.61. The Hall–Kier alpha value is 0.610. The van der Waals surface area contributed by atoms with Crippen LogP contribution in [0, 0.1) is 3.70 Å². The molecule has 0 radical (unpaired) electrons. The van der Waals surface area contributed by atoms with Crippen LogP contribution in [-0.2, 0) is 6.54 Å². The molecule has 0 spiro atoms. The fraction of sp³-hybridized carbons (Fsp3) is 0.286. The van der Waals surface area contributed by atoms with Crippen molar-refractivity contribution in [1.82, 2.24) is 0 Å². The molecule has 1 aromatic heterocycles. The number of halogens is 2. The molecule has 0 atom stereocenters. The Labute approximate surface area is 92.0 Å². The van der Waals surface area contributed by atoms with Crippen molar-refractivity contribution in [1.29, 1.82) is 0 Å². The first-order chi connectivity index (χ1) is 4.34. The van der Waals surface area contributed by atoms with Crippen LogP contribution in [0.3, 0.4) is 0 Å². The van der Waals surface area contributed by atoms with E-state index in [1.54, 1.807) is 0 Å². The molecular formula is C7H9I2N. The molecule has 0 aromatic carbocycles. The smallest absolute Gasteiger partial charge is 0.241 e. The van der Waals surface area contributed by atoms with E-state index in [0.717, 1.165) is 6.54 Å². The maximum Gasteiger partial charge on any atom is 0.241 e.